The molecule has 0 amide bonds. The Balaban J connectivity index is 2.59. The third-order valence-electron chi connectivity index (χ3n) is 2.15. The van der Waals surface area contributed by atoms with E-state index in [1.807, 2.05) is 0 Å². The van der Waals surface area contributed by atoms with Crippen LogP contribution in [0.3, 0.4) is 0 Å². The second-order valence-corrected chi connectivity index (χ2v) is 4.34. The zero-order valence-electron chi connectivity index (χ0n) is 8.97. The maximum Gasteiger partial charge on any atom is 0.433 e. The lowest BCUT2D eigenvalue weighted by molar-refractivity contribution is -0.141. The molecule has 0 unspecified atom stereocenters. The summed E-state index contributed by atoms with van der Waals surface area (Å²) in [5.74, 6) is -0.689. The van der Waals surface area contributed by atoms with Crippen molar-refractivity contribution in [3.8, 4) is 11.3 Å². The summed E-state index contributed by atoms with van der Waals surface area (Å²) in [4.78, 5) is 6.71. The van der Waals surface area contributed by atoms with E-state index in [-0.39, 0.29) is 16.3 Å². The second-order valence-electron chi connectivity index (χ2n) is 3.56. The van der Waals surface area contributed by atoms with Crippen LogP contribution in [0.5, 0.6) is 0 Å². The first kappa shape index (κ1) is 14.0. The number of alkyl halides is 3. The van der Waals surface area contributed by atoms with Gasteiger partial charge in [0.05, 0.1) is 5.69 Å². The third-order valence-corrected chi connectivity index (χ3v) is 2.53. The van der Waals surface area contributed by atoms with Crippen LogP contribution in [0.15, 0.2) is 24.3 Å². The van der Waals surface area contributed by atoms with Gasteiger partial charge in [0.15, 0.2) is 0 Å². The van der Waals surface area contributed by atoms with Crippen LogP contribution in [0.1, 0.15) is 5.69 Å². The van der Waals surface area contributed by atoms with Gasteiger partial charge in [-0.3, -0.25) is 0 Å². The molecule has 0 spiro atoms. The predicted molar refractivity (Wildman–Crippen MR) is 62.4 cm³/mol. The van der Waals surface area contributed by atoms with E-state index < -0.39 is 23.0 Å². The van der Waals surface area contributed by atoms with Crippen molar-refractivity contribution in [2.75, 3.05) is 0 Å². The van der Waals surface area contributed by atoms with E-state index in [2.05, 4.69) is 9.97 Å². The van der Waals surface area contributed by atoms with Crippen LogP contribution in [0, 0.1) is 5.82 Å². The number of hydrogen-bond donors (Lipinski definition) is 0. The van der Waals surface area contributed by atoms with Crippen LogP contribution >= 0.6 is 23.2 Å². The largest absolute Gasteiger partial charge is 0.433 e. The smallest absolute Gasteiger partial charge is 0.218 e. The molecule has 0 atom stereocenters. The van der Waals surface area contributed by atoms with E-state index in [4.69, 9.17) is 23.2 Å². The molecule has 2 nitrogen and oxygen atoms in total. The summed E-state index contributed by atoms with van der Waals surface area (Å²) < 4.78 is 50.9. The molecule has 2 aromatic rings. The molecular formula is C11H4Cl2F4N2. The Bertz CT molecular complexity index is 608. The maximum atomic E-state index is 13.2. The Labute approximate surface area is 115 Å². The summed E-state index contributed by atoms with van der Waals surface area (Å²) in [5, 5.41) is -0.538. The van der Waals surface area contributed by atoms with Gasteiger partial charge in [-0.05, 0) is 35.9 Å². The van der Waals surface area contributed by atoms with Gasteiger partial charge in [-0.1, -0.05) is 11.6 Å². The third kappa shape index (κ3) is 3.33. The number of halogens is 6. The summed E-state index contributed by atoms with van der Waals surface area (Å²) in [6.45, 7) is 0. The standard InChI is InChI=1S/C11H4Cl2F4N2/c12-6-1-5(2-7(14)3-6)8-4-9(11(15,16)17)19-10(13)18-8/h1-4H. The number of hydrogen-bond acceptors (Lipinski definition) is 2. The van der Waals surface area contributed by atoms with Crippen LogP contribution < -0.4 is 0 Å². The van der Waals surface area contributed by atoms with E-state index in [9.17, 15) is 17.6 Å². The molecule has 0 fully saturated rings. The summed E-state index contributed by atoms with van der Waals surface area (Å²) >= 11 is 11.1. The zero-order valence-corrected chi connectivity index (χ0v) is 10.5. The average Bonchev–Trinajstić information content (AvgIpc) is 2.25. The van der Waals surface area contributed by atoms with Crippen molar-refractivity contribution in [2.24, 2.45) is 0 Å². The van der Waals surface area contributed by atoms with Gasteiger partial charge in [-0.15, -0.1) is 0 Å². The Hall–Kier alpha value is -1.40. The van der Waals surface area contributed by atoms with E-state index in [1.54, 1.807) is 0 Å². The predicted octanol–water partition coefficient (Wildman–Crippen LogP) is 4.61. The number of nitrogens with zero attached hydrogens (tertiary/aromatic N) is 2. The van der Waals surface area contributed by atoms with Crippen LogP contribution in [0.25, 0.3) is 11.3 Å². The highest BCUT2D eigenvalue weighted by molar-refractivity contribution is 6.31. The van der Waals surface area contributed by atoms with Gasteiger partial charge in [0, 0.05) is 10.6 Å². The van der Waals surface area contributed by atoms with Crippen molar-refractivity contribution in [1.82, 2.24) is 9.97 Å². The molecule has 19 heavy (non-hydrogen) atoms. The Morgan fingerprint density at radius 3 is 2.21 bits per heavy atom. The van der Waals surface area contributed by atoms with Crippen molar-refractivity contribution in [2.45, 2.75) is 6.18 Å². The molecule has 1 aromatic carbocycles. The normalized spacial score (nSPS) is 11.7. The SMILES string of the molecule is Fc1cc(Cl)cc(-c2cc(C(F)(F)F)nc(Cl)n2)c1. The highest BCUT2D eigenvalue weighted by Crippen LogP contribution is 2.31. The van der Waals surface area contributed by atoms with Gasteiger partial charge < -0.3 is 0 Å². The summed E-state index contributed by atoms with van der Waals surface area (Å²) in [7, 11) is 0. The van der Waals surface area contributed by atoms with Crippen molar-refractivity contribution in [1.29, 1.82) is 0 Å². The van der Waals surface area contributed by atoms with Gasteiger partial charge in [-0.25, -0.2) is 14.4 Å². The van der Waals surface area contributed by atoms with Gasteiger partial charge in [-0.2, -0.15) is 13.2 Å². The molecule has 0 saturated carbocycles. The lowest BCUT2D eigenvalue weighted by atomic mass is 10.1. The van der Waals surface area contributed by atoms with Crippen molar-refractivity contribution in [3.63, 3.8) is 0 Å². The molecule has 100 valence electrons. The minimum Gasteiger partial charge on any atom is -0.218 e. The first-order valence-corrected chi connectivity index (χ1v) is 5.59. The molecule has 0 aliphatic carbocycles. The Morgan fingerprint density at radius 1 is 0.947 bits per heavy atom. The molecule has 1 heterocycles. The first-order chi connectivity index (χ1) is 8.75. The molecule has 0 bridgehead atoms. The minimum absolute atomic E-state index is 0.0401. The van der Waals surface area contributed by atoms with Crippen LogP contribution in [0.2, 0.25) is 10.3 Å². The summed E-state index contributed by atoms with van der Waals surface area (Å²) in [6.07, 6.45) is -4.67. The maximum absolute atomic E-state index is 13.2. The number of aromatic nitrogens is 2. The fourth-order valence-electron chi connectivity index (χ4n) is 1.41. The molecule has 0 aliphatic heterocycles. The lowest BCUT2D eigenvalue weighted by Crippen LogP contribution is -2.09. The van der Waals surface area contributed by atoms with Crippen molar-refractivity contribution in [3.05, 3.63) is 46.1 Å². The molecule has 0 aliphatic rings. The molecular weight excluding hydrogens is 307 g/mol. The molecule has 0 radical (unpaired) electrons. The van der Waals surface area contributed by atoms with Crippen molar-refractivity contribution >= 4 is 23.2 Å². The van der Waals surface area contributed by atoms with Gasteiger partial charge in [0.25, 0.3) is 0 Å². The molecule has 1 aromatic heterocycles. The minimum atomic E-state index is -4.67. The molecule has 0 saturated heterocycles. The van der Waals surface area contributed by atoms with Gasteiger partial charge >= 0.3 is 6.18 Å². The highest BCUT2D eigenvalue weighted by Gasteiger charge is 2.33. The van der Waals surface area contributed by atoms with E-state index in [1.165, 1.54) is 6.07 Å². The second kappa shape index (κ2) is 4.94. The van der Waals surface area contributed by atoms with Crippen LogP contribution in [0.4, 0.5) is 17.6 Å². The quantitative estimate of drug-likeness (QED) is 0.568. The van der Waals surface area contributed by atoms with Crippen molar-refractivity contribution < 1.29 is 17.6 Å². The first-order valence-electron chi connectivity index (χ1n) is 4.84. The van der Waals surface area contributed by atoms with E-state index in [0.717, 1.165) is 12.1 Å². The fraction of sp³-hybridized carbons (Fsp3) is 0.0909. The summed E-state index contributed by atoms with van der Waals surface area (Å²) in [5.41, 5.74) is -1.28. The number of rotatable bonds is 1. The molecule has 0 N–H and O–H groups in total. The van der Waals surface area contributed by atoms with Crippen LogP contribution in [-0.4, -0.2) is 9.97 Å². The summed E-state index contributed by atoms with van der Waals surface area (Å²) in [6, 6.07) is 3.99. The van der Waals surface area contributed by atoms with Crippen LogP contribution in [-0.2, 0) is 6.18 Å². The van der Waals surface area contributed by atoms with E-state index in [0.29, 0.717) is 6.07 Å². The monoisotopic (exact) mass is 310 g/mol. The van der Waals surface area contributed by atoms with Gasteiger partial charge in [0.1, 0.15) is 11.5 Å². The average molecular weight is 311 g/mol. The lowest BCUT2D eigenvalue weighted by Gasteiger charge is -2.08. The molecule has 8 heteroatoms. The van der Waals surface area contributed by atoms with E-state index >= 15 is 0 Å². The Morgan fingerprint density at radius 2 is 1.63 bits per heavy atom. The fourth-order valence-corrected chi connectivity index (χ4v) is 1.82. The Kier molecular flexibility index (Phi) is 3.64. The zero-order chi connectivity index (χ0) is 14.2. The topological polar surface area (TPSA) is 25.8 Å². The highest BCUT2D eigenvalue weighted by atomic mass is 35.5. The number of benzene rings is 1. The van der Waals surface area contributed by atoms with Gasteiger partial charge in [0.2, 0.25) is 5.28 Å². The molecule has 2 rings (SSSR count).